The number of likely N-dealkylation sites (tertiary alicyclic amines) is 1. The van der Waals surface area contributed by atoms with E-state index in [0.29, 0.717) is 16.6 Å². The summed E-state index contributed by atoms with van der Waals surface area (Å²) in [6.07, 6.45) is 9.62. The Hall–Kier alpha value is -2.73. The summed E-state index contributed by atoms with van der Waals surface area (Å²) in [5.41, 5.74) is 3.32. The van der Waals surface area contributed by atoms with Crippen LogP contribution >= 0.6 is 23.2 Å². The van der Waals surface area contributed by atoms with Gasteiger partial charge in [0.1, 0.15) is 5.15 Å². The first-order valence-electron chi connectivity index (χ1n) is 10.6. The molecule has 5 nitrogen and oxygen atoms in total. The number of nitrogens with one attached hydrogen (secondary N) is 1. The molecular formula is C25H24Cl2N4O. The largest absolute Gasteiger partial charge is 0.320 e. The smallest absolute Gasteiger partial charge is 0.255 e. The lowest BCUT2D eigenvalue weighted by molar-refractivity contribution is 0.102. The highest BCUT2D eigenvalue weighted by molar-refractivity contribution is 6.30. The summed E-state index contributed by atoms with van der Waals surface area (Å²) in [5.74, 6) is 0.0948. The molecule has 32 heavy (non-hydrogen) atoms. The van der Waals surface area contributed by atoms with E-state index in [1.54, 1.807) is 18.3 Å². The molecule has 1 aromatic carbocycles. The van der Waals surface area contributed by atoms with Gasteiger partial charge in [-0.05, 0) is 67.9 Å². The Kier molecular flexibility index (Phi) is 7.53. The molecular weight excluding hydrogens is 443 g/mol. The predicted molar refractivity (Wildman–Crippen MR) is 130 cm³/mol. The molecule has 164 valence electrons. The molecule has 1 saturated heterocycles. The number of hydrogen-bond acceptors (Lipinski definition) is 4. The molecule has 0 unspecified atom stereocenters. The van der Waals surface area contributed by atoms with E-state index in [4.69, 9.17) is 23.2 Å². The molecule has 0 bridgehead atoms. The minimum Gasteiger partial charge on any atom is -0.320 e. The SMILES string of the molecule is O=C(Nc1cccnc1C1CCN(CC=Cc2ccc(Cl)cc2)CC1)c1ccnc(Cl)c1. The van der Waals surface area contributed by atoms with Gasteiger partial charge in [-0.25, -0.2) is 4.98 Å². The highest BCUT2D eigenvalue weighted by Crippen LogP contribution is 2.31. The van der Waals surface area contributed by atoms with Crippen LogP contribution in [-0.2, 0) is 0 Å². The van der Waals surface area contributed by atoms with Crippen LogP contribution in [0.25, 0.3) is 6.08 Å². The molecule has 4 rings (SSSR count). The first kappa shape index (κ1) is 22.5. The van der Waals surface area contributed by atoms with Gasteiger partial charge >= 0.3 is 0 Å². The molecule has 1 amide bonds. The average molecular weight is 467 g/mol. The lowest BCUT2D eigenvalue weighted by Gasteiger charge is -2.31. The molecule has 0 aliphatic carbocycles. The van der Waals surface area contributed by atoms with Gasteiger partial charge in [-0.3, -0.25) is 14.7 Å². The molecule has 1 fully saturated rings. The van der Waals surface area contributed by atoms with E-state index in [1.807, 2.05) is 36.4 Å². The summed E-state index contributed by atoms with van der Waals surface area (Å²) < 4.78 is 0. The highest BCUT2D eigenvalue weighted by atomic mass is 35.5. The first-order chi connectivity index (χ1) is 15.6. The molecule has 1 aliphatic heterocycles. The molecule has 3 aromatic rings. The Morgan fingerprint density at radius 1 is 1.06 bits per heavy atom. The van der Waals surface area contributed by atoms with E-state index in [1.165, 1.54) is 6.20 Å². The summed E-state index contributed by atoms with van der Waals surface area (Å²) in [4.78, 5) is 23.6. The Morgan fingerprint density at radius 2 is 1.84 bits per heavy atom. The zero-order valence-electron chi connectivity index (χ0n) is 17.5. The number of carbonyl (C=O) groups excluding carboxylic acids is 1. The molecule has 3 heterocycles. The highest BCUT2D eigenvalue weighted by Gasteiger charge is 2.24. The van der Waals surface area contributed by atoms with Crippen molar-refractivity contribution in [2.75, 3.05) is 25.0 Å². The summed E-state index contributed by atoms with van der Waals surface area (Å²) in [5, 5.41) is 4.04. The van der Waals surface area contributed by atoms with Crippen LogP contribution in [0.5, 0.6) is 0 Å². The average Bonchev–Trinajstić information content (AvgIpc) is 2.81. The summed E-state index contributed by atoms with van der Waals surface area (Å²) >= 11 is 11.9. The number of benzene rings is 1. The second-order valence-corrected chi connectivity index (χ2v) is 8.61. The molecule has 1 aliphatic rings. The summed E-state index contributed by atoms with van der Waals surface area (Å²) in [6.45, 7) is 2.88. The number of anilines is 1. The third kappa shape index (κ3) is 5.94. The third-order valence-corrected chi connectivity index (χ3v) is 6.05. The lowest BCUT2D eigenvalue weighted by atomic mass is 9.92. The van der Waals surface area contributed by atoms with Crippen LogP contribution in [0.4, 0.5) is 5.69 Å². The number of halogens is 2. The minimum atomic E-state index is -0.215. The van der Waals surface area contributed by atoms with Gasteiger partial charge in [0.15, 0.2) is 0 Å². The van der Waals surface area contributed by atoms with Crippen molar-refractivity contribution in [3.05, 3.63) is 94.0 Å². The maximum absolute atomic E-state index is 12.7. The summed E-state index contributed by atoms with van der Waals surface area (Å²) in [7, 11) is 0. The van der Waals surface area contributed by atoms with Crippen molar-refractivity contribution >= 4 is 40.9 Å². The standard InChI is InChI=1S/C25H24Cl2N4O/c26-21-7-5-18(6-8-21)3-2-14-31-15-10-19(11-16-31)24-22(4-1-12-29-24)30-25(32)20-9-13-28-23(27)17-20/h1-9,12-13,17,19H,10-11,14-16H2,(H,30,32). The zero-order chi connectivity index (χ0) is 22.3. The van der Waals surface area contributed by atoms with Crippen molar-refractivity contribution in [1.82, 2.24) is 14.9 Å². The number of piperidine rings is 1. The maximum Gasteiger partial charge on any atom is 0.255 e. The predicted octanol–water partition coefficient (Wildman–Crippen LogP) is 5.93. The number of amides is 1. The van der Waals surface area contributed by atoms with Crippen molar-refractivity contribution < 1.29 is 4.79 Å². The van der Waals surface area contributed by atoms with Crippen LogP contribution in [0.15, 0.2) is 67.0 Å². The van der Waals surface area contributed by atoms with Gasteiger partial charge < -0.3 is 5.32 Å². The van der Waals surface area contributed by atoms with E-state index in [2.05, 4.69) is 32.3 Å². The van der Waals surface area contributed by atoms with E-state index in [9.17, 15) is 4.79 Å². The van der Waals surface area contributed by atoms with Gasteiger partial charge in [-0.2, -0.15) is 0 Å². The Morgan fingerprint density at radius 3 is 2.59 bits per heavy atom. The van der Waals surface area contributed by atoms with Gasteiger partial charge in [0, 0.05) is 35.4 Å². The minimum absolute atomic E-state index is 0.215. The first-order valence-corrected chi connectivity index (χ1v) is 11.4. The van der Waals surface area contributed by atoms with Crippen molar-refractivity contribution in [2.24, 2.45) is 0 Å². The lowest BCUT2D eigenvalue weighted by Crippen LogP contribution is -2.33. The number of carbonyl (C=O) groups is 1. The fourth-order valence-electron chi connectivity index (χ4n) is 3.89. The van der Waals surface area contributed by atoms with Crippen LogP contribution < -0.4 is 5.32 Å². The Bertz CT molecular complexity index is 1090. The fourth-order valence-corrected chi connectivity index (χ4v) is 4.19. The molecule has 0 atom stereocenters. The quantitative estimate of drug-likeness (QED) is 0.457. The number of nitrogens with zero attached hydrogens (tertiary/aromatic N) is 3. The van der Waals surface area contributed by atoms with Crippen LogP contribution in [0.1, 0.15) is 40.4 Å². The molecule has 1 N–H and O–H groups in total. The van der Waals surface area contributed by atoms with Crippen LogP contribution in [0.2, 0.25) is 10.2 Å². The van der Waals surface area contributed by atoms with E-state index in [0.717, 1.165) is 54.4 Å². The van der Waals surface area contributed by atoms with Crippen molar-refractivity contribution in [3.8, 4) is 0 Å². The molecule has 0 saturated carbocycles. The van der Waals surface area contributed by atoms with Crippen LogP contribution in [-0.4, -0.2) is 40.4 Å². The normalized spacial score (nSPS) is 15.2. The molecule has 2 aromatic heterocycles. The monoisotopic (exact) mass is 466 g/mol. The van der Waals surface area contributed by atoms with Gasteiger partial charge in [-0.1, -0.05) is 47.5 Å². The Labute approximate surface area is 198 Å². The van der Waals surface area contributed by atoms with Crippen LogP contribution in [0.3, 0.4) is 0 Å². The number of hydrogen-bond donors (Lipinski definition) is 1. The van der Waals surface area contributed by atoms with Crippen molar-refractivity contribution in [3.63, 3.8) is 0 Å². The van der Waals surface area contributed by atoms with E-state index < -0.39 is 0 Å². The van der Waals surface area contributed by atoms with Crippen molar-refractivity contribution in [1.29, 1.82) is 0 Å². The van der Waals surface area contributed by atoms with Crippen LogP contribution in [0, 0.1) is 0 Å². The third-order valence-electron chi connectivity index (χ3n) is 5.59. The number of aromatic nitrogens is 2. The Balaban J connectivity index is 1.34. The number of rotatable bonds is 6. The van der Waals surface area contributed by atoms with E-state index in [-0.39, 0.29) is 5.91 Å². The maximum atomic E-state index is 12.7. The van der Waals surface area contributed by atoms with Gasteiger partial charge in [0.2, 0.25) is 0 Å². The fraction of sp³-hybridized carbons (Fsp3) is 0.240. The second kappa shape index (κ2) is 10.7. The van der Waals surface area contributed by atoms with Gasteiger partial charge in [0.05, 0.1) is 11.4 Å². The van der Waals surface area contributed by atoms with E-state index >= 15 is 0 Å². The molecule has 7 heteroatoms. The zero-order valence-corrected chi connectivity index (χ0v) is 19.1. The van der Waals surface area contributed by atoms with Gasteiger partial charge in [-0.15, -0.1) is 0 Å². The topological polar surface area (TPSA) is 58.1 Å². The summed E-state index contributed by atoms with van der Waals surface area (Å²) in [6, 6.07) is 14.8. The molecule has 0 spiro atoms. The second-order valence-electron chi connectivity index (χ2n) is 7.79. The molecule has 0 radical (unpaired) electrons. The van der Waals surface area contributed by atoms with Crippen molar-refractivity contribution in [2.45, 2.75) is 18.8 Å². The van der Waals surface area contributed by atoms with Gasteiger partial charge in [0.25, 0.3) is 5.91 Å². The number of pyridine rings is 2.